The molecule has 3 rings (SSSR count). The Morgan fingerprint density at radius 1 is 1.06 bits per heavy atom. The summed E-state index contributed by atoms with van der Waals surface area (Å²) < 4.78 is 2.00. The van der Waals surface area contributed by atoms with Crippen LogP contribution in [0.2, 0.25) is 0 Å². The lowest BCUT2D eigenvalue weighted by atomic mass is 10.1. The van der Waals surface area contributed by atoms with Gasteiger partial charge in [-0.05, 0) is 29.8 Å². The smallest absolute Gasteiger partial charge is 0.137 e. The van der Waals surface area contributed by atoms with E-state index >= 15 is 0 Å². The first-order valence-corrected chi connectivity index (χ1v) is 5.81. The summed E-state index contributed by atoms with van der Waals surface area (Å²) in [5, 5.41) is 0. The first-order chi connectivity index (χ1) is 8.75. The van der Waals surface area contributed by atoms with Gasteiger partial charge in [0, 0.05) is 44.4 Å². The van der Waals surface area contributed by atoms with E-state index in [2.05, 4.69) is 28.2 Å². The van der Waals surface area contributed by atoms with E-state index in [0.29, 0.717) is 0 Å². The van der Waals surface area contributed by atoms with E-state index in [1.165, 1.54) is 0 Å². The summed E-state index contributed by atoms with van der Waals surface area (Å²) in [7, 11) is 4.00. The molecule has 0 N–H and O–H groups in total. The zero-order valence-electron chi connectivity index (χ0n) is 10.4. The van der Waals surface area contributed by atoms with Gasteiger partial charge < -0.3 is 9.30 Å². The minimum atomic E-state index is 0.945. The predicted molar refractivity (Wildman–Crippen MR) is 72.8 cm³/mol. The molecule has 0 amide bonds. The molecule has 3 aromatic heterocycles. The van der Waals surface area contributed by atoms with E-state index in [-0.39, 0.29) is 0 Å². The molecule has 90 valence electrons. The van der Waals surface area contributed by atoms with Crippen LogP contribution in [0.5, 0.6) is 0 Å². The molecule has 0 aliphatic heterocycles. The Morgan fingerprint density at radius 3 is 2.78 bits per heavy atom. The summed E-state index contributed by atoms with van der Waals surface area (Å²) in [6, 6.07) is 8.19. The maximum Gasteiger partial charge on any atom is 0.137 e. The van der Waals surface area contributed by atoms with Crippen LogP contribution in [0.3, 0.4) is 0 Å². The van der Waals surface area contributed by atoms with Gasteiger partial charge in [0.2, 0.25) is 0 Å². The highest BCUT2D eigenvalue weighted by Gasteiger charge is 2.08. The number of nitrogens with zero attached hydrogens (tertiary/aromatic N) is 4. The third-order valence-corrected chi connectivity index (χ3v) is 2.92. The highest BCUT2D eigenvalue weighted by molar-refractivity contribution is 5.77. The molecule has 0 bridgehead atoms. The van der Waals surface area contributed by atoms with Crippen molar-refractivity contribution in [3.05, 3.63) is 49.1 Å². The molecule has 3 aromatic rings. The third-order valence-electron chi connectivity index (χ3n) is 2.92. The van der Waals surface area contributed by atoms with Crippen molar-refractivity contribution in [1.82, 2.24) is 14.4 Å². The maximum atomic E-state index is 4.42. The van der Waals surface area contributed by atoms with Gasteiger partial charge in [-0.3, -0.25) is 0 Å². The maximum absolute atomic E-state index is 4.42. The highest BCUT2D eigenvalue weighted by Crippen LogP contribution is 2.27. The average Bonchev–Trinajstić information content (AvgIpc) is 2.85. The predicted octanol–water partition coefficient (Wildman–Crippen LogP) is 2.46. The summed E-state index contributed by atoms with van der Waals surface area (Å²) in [5.74, 6) is 0.966. The molecule has 3 heterocycles. The molecule has 0 saturated heterocycles. The van der Waals surface area contributed by atoms with E-state index in [4.69, 9.17) is 0 Å². The topological polar surface area (TPSA) is 33.4 Å². The molecule has 0 aliphatic rings. The Hall–Kier alpha value is -2.36. The van der Waals surface area contributed by atoms with Crippen molar-refractivity contribution in [1.29, 1.82) is 0 Å². The van der Waals surface area contributed by atoms with E-state index in [1.807, 2.05) is 48.1 Å². The van der Waals surface area contributed by atoms with Crippen LogP contribution in [-0.2, 0) is 0 Å². The number of hydrogen-bond acceptors (Lipinski definition) is 3. The number of anilines is 1. The zero-order valence-corrected chi connectivity index (χ0v) is 10.4. The van der Waals surface area contributed by atoms with Crippen molar-refractivity contribution >= 4 is 11.5 Å². The monoisotopic (exact) mass is 238 g/mol. The van der Waals surface area contributed by atoms with Crippen LogP contribution < -0.4 is 4.90 Å². The van der Waals surface area contributed by atoms with Gasteiger partial charge in [0.05, 0.1) is 0 Å². The SMILES string of the molecule is CN(C)c1ncccc1-c1ccn2ccnc2c1. The Labute approximate surface area is 106 Å². The van der Waals surface area contributed by atoms with Crippen molar-refractivity contribution in [2.75, 3.05) is 19.0 Å². The second-order valence-electron chi connectivity index (χ2n) is 4.38. The minimum absolute atomic E-state index is 0.945. The van der Waals surface area contributed by atoms with Crippen molar-refractivity contribution < 1.29 is 0 Å². The van der Waals surface area contributed by atoms with Crippen molar-refractivity contribution in [3.8, 4) is 11.1 Å². The summed E-state index contributed by atoms with van der Waals surface area (Å²) in [4.78, 5) is 10.7. The van der Waals surface area contributed by atoms with Gasteiger partial charge in [-0.15, -0.1) is 0 Å². The highest BCUT2D eigenvalue weighted by atomic mass is 15.1. The zero-order chi connectivity index (χ0) is 12.5. The first-order valence-electron chi connectivity index (χ1n) is 5.81. The van der Waals surface area contributed by atoms with Gasteiger partial charge in [-0.2, -0.15) is 0 Å². The van der Waals surface area contributed by atoms with Gasteiger partial charge in [0.1, 0.15) is 11.5 Å². The van der Waals surface area contributed by atoms with E-state index < -0.39 is 0 Å². The lowest BCUT2D eigenvalue weighted by Gasteiger charge is -2.15. The average molecular weight is 238 g/mol. The fourth-order valence-corrected chi connectivity index (χ4v) is 2.06. The Balaban J connectivity index is 2.19. The number of fused-ring (bicyclic) bond motifs is 1. The summed E-state index contributed by atoms with van der Waals surface area (Å²) in [5.41, 5.74) is 3.19. The Bertz CT molecular complexity index is 685. The summed E-state index contributed by atoms with van der Waals surface area (Å²) in [6.07, 6.45) is 7.57. The minimum Gasteiger partial charge on any atom is -0.362 e. The van der Waals surface area contributed by atoms with Crippen molar-refractivity contribution in [3.63, 3.8) is 0 Å². The number of imidazole rings is 1. The molecule has 0 saturated carbocycles. The molecule has 0 atom stereocenters. The van der Waals surface area contributed by atoms with Crippen LogP contribution in [0.15, 0.2) is 49.1 Å². The van der Waals surface area contributed by atoms with Gasteiger partial charge in [-0.25, -0.2) is 9.97 Å². The fourth-order valence-electron chi connectivity index (χ4n) is 2.06. The standard InChI is InChI=1S/C14H14N4/c1-17(2)14-12(4-3-6-16-14)11-5-8-18-9-7-15-13(18)10-11/h3-10H,1-2H3. The van der Waals surface area contributed by atoms with Crippen LogP contribution >= 0.6 is 0 Å². The van der Waals surface area contributed by atoms with Gasteiger partial charge in [0.25, 0.3) is 0 Å². The number of pyridine rings is 2. The lowest BCUT2D eigenvalue weighted by molar-refractivity contribution is 1.07. The van der Waals surface area contributed by atoms with Crippen LogP contribution in [-0.4, -0.2) is 28.5 Å². The molecule has 18 heavy (non-hydrogen) atoms. The Morgan fingerprint density at radius 2 is 1.94 bits per heavy atom. The molecule has 0 spiro atoms. The second-order valence-corrected chi connectivity index (χ2v) is 4.38. The number of rotatable bonds is 2. The second kappa shape index (κ2) is 4.14. The molecular formula is C14H14N4. The molecule has 4 heteroatoms. The van der Waals surface area contributed by atoms with E-state index in [9.17, 15) is 0 Å². The number of aromatic nitrogens is 3. The largest absolute Gasteiger partial charge is 0.362 e. The molecule has 0 fully saturated rings. The molecule has 4 nitrogen and oxygen atoms in total. The summed E-state index contributed by atoms with van der Waals surface area (Å²) in [6.45, 7) is 0. The molecule has 0 aromatic carbocycles. The van der Waals surface area contributed by atoms with Crippen LogP contribution in [0.4, 0.5) is 5.82 Å². The fraction of sp³-hybridized carbons (Fsp3) is 0.143. The summed E-state index contributed by atoms with van der Waals surface area (Å²) >= 11 is 0. The Kier molecular flexibility index (Phi) is 2.48. The van der Waals surface area contributed by atoms with Gasteiger partial charge in [0.15, 0.2) is 0 Å². The van der Waals surface area contributed by atoms with Crippen LogP contribution in [0, 0.1) is 0 Å². The first kappa shape index (κ1) is 10.8. The van der Waals surface area contributed by atoms with Gasteiger partial charge in [-0.1, -0.05) is 0 Å². The molecule has 0 aliphatic carbocycles. The van der Waals surface area contributed by atoms with Crippen LogP contribution in [0.25, 0.3) is 16.8 Å². The third kappa shape index (κ3) is 1.72. The van der Waals surface area contributed by atoms with E-state index in [0.717, 1.165) is 22.6 Å². The van der Waals surface area contributed by atoms with Crippen molar-refractivity contribution in [2.24, 2.45) is 0 Å². The quantitative estimate of drug-likeness (QED) is 0.687. The normalized spacial score (nSPS) is 10.8. The molecule has 0 radical (unpaired) electrons. The molecule has 0 unspecified atom stereocenters. The molecular weight excluding hydrogens is 224 g/mol. The lowest BCUT2D eigenvalue weighted by Crippen LogP contribution is -2.11. The number of hydrogen-bond donors (Lipinski definition) is 0. The van der Waals surface area contributed by atoms with Gasteiger partial charge >= 0.3 is 0 Å². The van der Waals surface area contributed by atoms with Crippen molar-refractivity contribution in [2.45, 2.75) is 0 Å². The van der Waals surface area contributed by atoms with Crippen LogP contribution in [0.1, 0.15) is 0 Å². The van der Waals surface area contributed by atoms with E-state index in [1.54, 1.807) is 6.20 Å².